The van der Waals surface area contributed by atoms with Gasteiger partial charge in [-0.05, 0) is 0 Å². The van der Waals surface area contributed by atoms with E-state index in [2.05, 4.69) is 20.4 Å². The average Bonchev–Trinajstić information content (AvgIpc) is 2.59. The number of rotatable bonds is 0. The molecule has 0 aliphatic carbocycles. The van der Waals surface area contributed by atoms with E-state index >= 15 is 0 Å². The number of aromatic amines is 3. The first-order valence-corrected chi connectivity index (χ1v) is 3.37. The highest BCUT2D eigenvalue weighted by molar-refractivity contribution is 4.77. The second kappa shape index (κ2) is 4.65. The van der Waals surface area contributed by atoms with Gasteiger partial charge < -0.3 is 4.98 Å². The monoisotopic (exact) mass is 181 g/mol. The number of aromatic nitrogens is 5. The number of hydrogen-bond donors (Lipinski definition) is 3. The van der Waals surface area contributed by atoms with Crippen molar-refractivity contribution in [2.75, 3.05) is 0 Å². The maximum atomic E-state index is 10.2. The molecule has 0 bridgehead atoms. The van der Waals surface area contributed by atoms with E-state index in [1.165, 1.54) is 12.3 Å². The number of nitrogens with zero attached hydrogens (tertiary/aromatic N) is 2. The standard InChI is InChI=1S/C4H4N2O2.C2H3N3/c7-3-1-2-5-4(8)6-3;1-2-4-5-3-1/h1-2H,(H2,5,6,7,8);1-2H,(H,3,4,5). The molecule has 0 fully saturated rings. The maximum Gasteiger partial charge on any atom is 0.325 e. The highest BCUT2D eigenvalue weighted by atomic mass is 16.2. The maximum absolute atomic E-state index is 10.2. The zero-order valence-corrected chi connectivity index (χ0v) is 6.52. The molecular formula is C6H7N5O2. The molecule has 3 N–H and O–H groups in total. The van der Waals surface area contributed by atoms with E-state index in [0.717, 1.165) is 0 Å². The van der Waals surface area contributed by atoms with Gasteiger partial charge in [-0.25, -0.2) is 4.79 Å². The predicted molar refractivity (Wildman–Crippen MR) is 44.1 cm³/mol. The van der Waals surface area contributed by atoms with Gasteiger partial charge in [-0.3, -0.25) is 14.9 Å². The van der Waals surface area contributed by atoms with Crippen molar-refractivity contribution >= 4 is 0 Å². The molecule has 0 amide bonds. The van der Waals surface area contributed by atoms with Crippen LogP contribution in [0, 0.1) is 0 Å². The van der Waals surface area contributed by atoms with Crippen LogP contribution in [0.5, 0.6) is 0 Å². The van der Waals surface area contributed by atoms with Crippen molar-refractivity contribution in [3.05, 3.63) is 45.5 Å². The summed E-state index contributed by atoms with van der Waals surface area (Å²) in [6.45, 7) is 0. The van der Waals surface area contributed by atoms with Crippen molar-refractivity contribution in [3.63, 3.8) is 0 Å². The smallest absolute Gasteiger partial charge is 0.314 e. The molecule has 0 aliphatic heterocycles. The molecule has 7 nitrogen and oxygen atoms in total. The van der Waals surface area contributed by atoms with E-state index in [1.807, 2.05) is 4.98 Å². The second-order valence-electron chi connectivity index (χ2n) is 1.96. The van der Waals surface area contributed by atoms with Gasteiger partial charge in [0.1, 0.15) is 0 Å². The van der Waals surface area contributed by atoms with Crippen LogP contribution in [0.4, 0.5) is 0 Å². The fourth-order valence-electron chi connectivity index (χ4n) is 0.549. The Morgan fingerprint density at radius 1 is 1.23 bits per heavy atom. The van der Waals surface area contributed by atoms with E-state index in [1.54, 1.807) is 12.4 Å². The van der Waals surface area contributed by atoms with Crippen LogP contribution in [0.15, 0.2) is 34.2 Å². The Morgan fingerprint density at radius 2 is 2.08 bits per heavy atom. The van der Waals surface area contributed by atoms with Crippen LogP contribution < -0.4 is 11.2 Å². The highest BCUT2D eigenvalue weighted by Gasteiger charge is 1.77. The lowest BCUT2D eigenvalue weighted by Gasteiger charge is -1.75. The Kier molecular flexibility index (Phi) is 3.19. The van der Waals surface area contributed by atoms with Crippen molar-refractivity contribution in [3.8, 4) is 0 Å². The van der Waals surface area contributed by atoms with Gasteiger partial charge in [0.2, 0.25) is 0 Å². The summed E-state index contributed by atoms with van der Waals surface area (Å²) in [5, 5.41) is 9.26. The summed E-state index contributed by atoms with van der Waals surface area (Å²) in [6, 6.07) is 1.24. The van der Waals surface area contributed by atoms with Gasteiger partial charge in [0.25, 0.3) is 5.56 Å². The summed E-state index contributed by atoms with van der Waals surface area (Å²) in [5.41, 5.74) is -0.855. The van der Waals surface area contributed by atoms with Crippen LogP contribution in [-0.4, -0.2) is 25.4 Å². The molecule has 0 aromatic carbocycles. The minimum Gasteiger partial charge on any atom is -0.314 e. The molecule has 0 saturated heterocycles. The third-order valence-electron chi connectivity index (χ3n) is 1.02. The molecule has 68 valence electrons. The Bertz CT molecular complexity index is 386. The Balaban J connectivity index is 0.000000145. The zero-order chi connectivity index (χ0) is 9.52. The molecule has 0 atom stereocenters. The van der Waals surface area contributed by atoms with Gasteiger partial charge >= 0.3 is 5.69 Å². The minimum absolute atomic E-state index is 0.381. The lowest BCUT2D eigenvalue weighted by atomic mass is 10.7. The Morgan fingerprint density at radius 3 is 2.38 bits per heavy atom. The molecule has 13 heavy (non-hydrogen) atoms. The molecule has 0 radical (unpaired) electrons. The summed E-state index contributed by atoms with van der Waals surface area (Å²) in [5.74, 6) is 0. The van der Waals surface area contributed by atoms with Crippen LogP contribution in [0.3, 0.4) is 0 Å². The SMILES string of the molecule is O=c1cc[nH]c(=O)[nH]1.c1c[nH]nn1. The first-order chi connectivity index (χ1) is 6.29. The van der Waals surface area contributed by atoms with E-state index in [-0.39, 0.29) is 5.56 Å². The lowest BCUT2D eigenvalue weighted by Crippen LogP contribution is -2.19. The Hall–Kier alpha value is -2.18. The summed E-state index contributed by atoms with van der Waals surface area (Å²) in [6.07, 6.45) is 4.53. The van der Waals surface area contributed by atoms with Crippen molar-refractivity contribution in [2.45, 2.75) is 0 Å². The highest BCUT2D eigenvalue weighted by Crippen LogP contribution is 1.55. The molecule has 0 aliphatic rings. The van der Waals surface area contributed by atoms with Gasteiger partial charge in [-0.15, -0.1) is 5.10 Å². The molecule has 0 saturated carbocycles. The second-order valence-corrected chi connectivity index (χ2v) is 1.96. The normalized spacial score (nSPS) is 8.62. The van der Waals surface area contributed by atoms with Crippen molar-refractivity contribution in [1.29, 1.82) is 0 Å². The average molecular weight is 181 g/mol. The molecule has 2 heterocycles. The molecule has 2 aromatic heterocycles. The van der Waals surface area contributed by atoms with Crippen LogP contribution in [0.25, 0.3) is 0 Å². The quantitative estimate of drug-likeness (QED) is 0.477. The number of H-pyrrole nitrogens is 3. The first kappa shape index (κ1) is 8.91. The molecular weight excluding hydrogens is 174 g/mol. The zero-order valence-electron chi connectivity index (χ0n) is 6.52. The van der Waals surface area contributed by atoms with E-state index < -0.39 is 5.69 Å². The summed E-state index contributed by atoms with van der Waals surface area (Å²) >= 11 is 0. The van der Waals surface area contributed by atoms with Gasteiger partial charge in [0.15, 0.2) is 0 Å². The van der Waals surface area contributed by atoms with Crippen molar-refractivity contribution < 1.29 is 0 Å². The van der Waals surface area contributed by atoms with Crippen LogP contribution in [0.2, 0.25) is 0 Å². The fraction of sp³-hybridized carbons (Fsp3) is 0. The van der Waals surface area contributed by atoms with Crippen LogP contribution in [0.1, 0.15) is 0 Å². The van der Waals surface area contributed by atoms with Gasteiger partial charge in [0, 0.05) is 18.5 Å². The van der Waals surface area contributed by atoms with Gasteiger partial charge in [0.05, 0.1) is 6.20 Å². The van der Waals surface area contributed by atoms with E-state index in [9.17, 15) is 9.59 Å². The van der Waals surface area contributed by atoms with Gasteiger partial charge in [-0.2, -0.15) is 0 Å². The summed E-state index contributed by atoms with van der Waals surface area (Å²) in [4.78, 5) is 24.7. The van der Waals surface area contributed by atoms with Crippen LogP contribution in [-0.2, 0) is 0 Å². The largest absolute Gasteiger partial charge is 0.325 e. The molecule has 0 spiro atoms. The first-order valence-electron chi connectivity index (χ1n) is 3.37. The third-order valence-corrected chi connectivity index (χ3v) is 1.02. The summed E-state index contributed by atoms with van der Waals surface area (Å²) < 4.78 is 0. The number of hydrogen-bond acceptors (Lipinski definition) is 4. The molecule has 7 heteroatoms. The van der Waals surface area contributed by atoms with Crippen molar-refractivity contribution in [1.82, 2.24) is 25.4 Å². The molecule has 2 aromatic rings. The Labute approximate surface area is 71.8 Å². The fourth-order valence-corrected chi connectivity index (χ4v) is 0.549. The van der Waals surface area contributed by atoms with E-state index in [4.69, 9.17) is 0 Å². The predicted octanol–water partition coefficient (Wildman–Crippen LogP) is -1.13. The van der Waals surface area contributed by atoms with Crippen molar-refractivity contribution in [2.24, 2.45) is 0 Å². The van der Waals surface area contributed by atoms with Crippen LogP contribution >= 0.6 is 0 Å². The third kappa shape index (κ3) is 3.65. The lowest BCUT2D eigenvalue weighted by molar-refractivity contribution is 0.940. The minimum atomic E-state index is -0.475. The van der Waals surface area contributed by atoms with Gasteiger partial charge in [-0.1, -0.05) is 5.21 Å². The molecule has 0 unspecified atom stereocenters. The van der Waals surface area contributed by atoms with E-state index in [0.29, 0.717) is 0 Å². The summed E-state index contributed by atoms with van der Waals surface area (Å²) in [7, 11) is 0. The number of nitrogens with one attached hydrogen (secondary N) is 3. The molecule has 2 rings (SSSR count). The topological polar surface area (TPSA) is 107 Å².